The van der Waals surface area contributed by atoms with Gasteiger partial charge in [-0.25, -0.2) is 13.8 Å². The number of carbonyl (C=O) groups is 1. The number of hydrogen-bond acceptors (Lipinski definition) is 2. The fourth-order valence-electron chi connectivity index (χ4n) is 1.68. The van der Waals surface area contributed by atoms with Crippen molar-refractivity contribution < 1.29 is 13.6 Å². The largest absolute Gasteiger partial charge is 0.355 e. The minimum atomic E-state index is -0.705. The fourth-order valence-corrected chi connectivity index (χ4v) is 1.68. The van der Waals surface area contributed by atoms with E-state index < -0.39 is 17.5 Å². The molecule has 0 aliphatic carbocycles. The molecule has 0 aliphatic rings. The van der Waals surface area contributed by atoms with Gasteiger partial charge in [0, 0.05) is 30.4 Å². The van der Waals surface area contributed by atoms with Crippen LogP contribution in [0, 0.1) is 11.6 Å². The second-order valence-corrected chi connectivity index (χ2v) is 4.05. The van der Waals surface area contributed by atoms with Crippen LogP contribution >= 0.6 is 0 Å². The Morgan fingerprint density at radius 1 is 1.32 bits per heavy atom. The van der Waals surface area contributed by atoms with Gasteiger partial charge in [-0.3, -0.25) is 4.79 Å². The molecule has 0 saturated heterocycles. The molecule has 0 unspecified atom stereocenters. The maximum atomic E-state index is 13.3. The number of hydrogen-bond donors (Lipinski definition) is 2. The first-order valence-electron chi connectivity index (χ1n) is 5.83. The Balaban J connectivity index is 1.84. The first-order chi connectivity index (χ1) is 9.16. The third-order valence-corrected chi connectivity index (χ3v) is 2.67. The average Bonchev–Trinajstić information content (AvgIpc) is 2.87. The Morgan fingerprint density at radius 2 is 2.05 bits per heavy atom. The summed E-state index contributed by atoms with van der Waals surface area (Å²) in [4.78, 5) is 18.3. The van der Waals surface area contributed by atoms with Crippen molar-refractivity contribution in [3.05, 3.63) is 53.6 Å². The predicted octanol–water partition coefficient (Wildman–Crippen LogP) is 1.59. The highest BCUT2D eigenvalue weighted by molar-refractivity contribution is 5.78. The Bertz CT molecular complexity index is 535. The smallest absolute Gasteiger partial charge is 0.224 e. The van der Waals surface area contributed by atoms with Crippen molar-refractivity contribution in [1.82, 2.24) is 15.3 Å². The summed E-state index contributed by atoms with van der Waals surface area (Å²) in [5, 5.41) is 2.60. The number of aromatic nitrogens is 2. The number of rotatable bonds is 5. The minimum absolute atomic E-state index is 0.207. The van der Waals surface area contributed by atoms with E-state index in [1.54, 1.807) is 12.5 Å². The van der Waals surface area contributed by atoms with E-state index in [-0.39, 0.29) is 12.0 Å². The van der Waals surface area contributed by atoms with E-state index in [9.17, 15) is 13.6 Å². The zero-order valence-electron chi connectivity index (χ0n) is 10.1. The number of carbonyl (C=O) groups excluding carboxylic acids is 1. The Labute approximate surface area is 108 Å². The van der Waals surface area contributed by atoms with Crippen LogP contribution in [0.15, 0.2) is 30.7 Å². The summed E-state index contributed by atoms with van der Waals surface area (Å²) in [5.74, 6) is -1.82. The lowest BCUT2D eigenvalue weighted by molar-refractivity contribution is -0.120. The van der Waals surface area contributed by atoms with Crippen molar-refractivity contribution in [3.63, 3.8) is 0 Å². The quantitative estimate of drug-likeness (QED) is 0.862. The molecule has 2 N–H and O–H groups in total. The molecule has 0 radical (unpaired) electrons. The van der Waals surface area contributed by atoms with Crippen LogP contribution in [-0.4, -0.2) is 22.4 Å². The second kappa shape index (κ2) is 6.08. The highest BCUT2D eigenvalue weighted by Gasteiger charge is 2.12. The van der Waals surface area contributed by atoms with Crippen molar-refractivity contribution in [1.29, 1.82) is 0 Å². The van der Waals surface area contributed by atoms with Crippen LogP contribution in [0.5, 0.6) is 0 Å². The van der Waals surface area contributed by atoms with Gasteiger partial charge in [0.15, 0.2) is 0 Å². The Morgan fingerprint density at radius 3 is 2.68 bits per heavy atom. The number of amides is 1. The van der Waals surface area contributed by atoms with E-state index in [0.717, 1.165) is 17.8 Å². The first kappa shape index (κ1) is 13.2. The van der Waals surface area contributed by atoms with Gasteiger partial charge in [0.25, 0.3) is 0 Å². The molecule has 0 bridgehead atoms. The Hall–Kier alpha value is -2.24. The van der Waals surface area contributed by atoms with Crippen molar-refractivity contribution in [2.45, 2.75) is 12.8 Å². The van der Waals surface area contributed by atoms with Crippen molar-refractivity contribution in [2.24, 2.45) is 0 Å². The van der Waals surface area contributed by atoms with Gasteiger partial charge in [0.2, 0.25) is 5.91 Å². The summed E-state index contributed by atoms with van der Waals surface area (Å²) in [6.07, 6.45) is 3.49. The number of halogens is 2. The standard InChI is InChI=1S/C13H13F2N3O/c14-11-2-1-3-12(15)10(11)6-13(19)17-5-4-9-7-16-8-18-9/h1-3,7-8H,4-6H2,(H,16,18)(H,17,19). The molecule has 1 amide bonds. The van der Waals surface area contributed by atoms with Gasteiger partial charge in [-0.05, 0) is 12.1 Å². The van der Waals surface area contributed by atoms with Gasteiger partial charge < -0.3 is 10.3 Å². The molecule has 0 saturated carbocycles. The van der Waals surface area contributed by atoms with Crippen LogP contribution in [0.3, 0.4) is 0 Å². The summed E-state index contributed by atoms with van der Waals surface area (Å²) in [5.41, 5.74) is 0.680. The lowest BCUT2D eigenvalue weighted by atomic mass is 10.1. The monoisotopic (exact) mass is 265 g/mol. The molecule has 1 aromatic carbocycles. The number of benzene rings is 1. The van der Waals surface area contributed by atoms with Crippen molar-refractivity contribution in [3.8, 4) is 0 Å². The van der Waals surface area contributed by atoms with Gasteiger partial charge in [-0.2, -0.15) is 0 Å². The summed E-state index contributed by atoms with van der Waals surface area (Å²) in [7, 11) is 0. The highest BCUT2D eigenvalue weighted by atomic mass is 19.1. The number of imidazole rings is 1. The van der Waals surface area contributed by atoms with Gasteiger partial charge in [-0.15, -0.1) is 0 Å². The summed E-state index contributed by atoms with van der Waals surface area (Å²) >= 11 is 0. The molecule has 2 rings (SSSR count). The van der Waals surface area contributed by atoms with Crippen LogP contribution in [0.4, 0.5) is 8.78 Å². The predicted molar refractivity (Wildman–Crippen MR) is 65.4 cm³/mol. The second-order valence-electron chi connectivity index (χ2n) is 4.05. The third-order valence-electron chi connectivity index (χ3n) is 2.67. The number of aromatic amines is 1. The van der Waals surface area contributed by atoms with Gasteiger partial charge in [-0.1, -0.05) is 6.07 Å². The van der Waals surface area contributed by atoms with Crippen molar-refractivity contribution in [2.75, 3.05) is 6.54 Å². The summed E-state index contributed by atoms with van der Waals surface area (Å²) in [6, 6.07) is 3.54. The lowest BCUT2D eigenvalue weighted by Gasteiger charge is -2.06. The summed E-state index contributed by atoms with van der Waals surface area (Å²) < 4.78 is 26.6. The van der Waals surface area contributed by atoms with Crippen LogP contribution in [-0.2, 0) is 17.6 Å². The minimum Gasteiger partial charge on any atom is -0.355 e. The molecular weight excluding hydrogens is 252 g/mol. The van der Waals surface area contributed by atoms with Gasteiger partial charge in [0.1, 0.15) is 11.6 Å². The van der Waals surface area contributed by atoms with Crippen LogP contribution in [0.1, 0.15) is 11.3 Å². The molecule has 0 aliphatic heterocycles. The first-order valence-corrected chi connectivity index (χ1v) is 5.83. The van der Waals surface area contributed by atoms with E-state index in [2.05, 4.69) is 15.3 Å². The molecular formula is C13H13F2N3O. The Kier molecular flexibility index (Phi) is 4.22. The topological polar surface area (TPSA) is 57.8 Å². The molecule has 0 spiro atoms. The van der Waals surface area contributed by atoms with Crippen molar-refractivity contribution >= 4 is 5.91 Å². The van der Waals surface area contributed by atoms with Crippen LogP contribution in [0.25, 0.3) is 0 Å². The highest BCUT2D eigenvalue weighted by Crippen LogP contribution is 2.12. The zero-order valence-corrected chi connectivity index (χ0v) is 10.1. The normalized spacial score (nSPS) is 10.4. The van der Waals surface area contributed by atoms with E-state index in [1.165, 1.54) is 6.07 Å². The van der Waals surface area contributed by atoms with E-state index in [1.807, 2.05) is 0 Å². The number of nitrogens with zero attached hydrogens (tertiary/aromatic N) is 1. The van der Waals surface area contributed by atoms with E-state index in [0.29, 0.717) is 13.0 Å². The maximum absolute atomic E-state index is 13.3. The van der Waals surface area contributed by atoms with Crippen LogP contribution in [0.2, 0.25) is 0 Å². The molecule has 0 fully saturated rings. The number of nitrogens with one attached hydrogen (secondary N) is 2. The van der Waals surface area contributed by atoms with Crippen LogP contribution < -0.4 is 5.32 Å². The molecule has 100 valence electrons. The molecule has 19 heavy (non-hydrogen) atoms. The van der Waals surface area contributed by atoms with Gasteiger partial charge in [0.05, 0.1) is 12.7 Å². The average molecular weight is 265 g/mol. The number of H-pyrrole nitrogens is 1. The molecule has 6 heteroatoms. The maximum Gasteiger partial charge on any atom is 0.224 e. The van der Waals surface area contributed by atoms with E-state index in [4.69, 9.17) is 0 Å². The summed E-state index contributed by atoms with van der Waals surface area (Å²) in [6.45, 7) is 0.386. The molecule has 0 atom stereocenters. The van der Waals surface area contributed by atoms with Gasteiger partial charge >= 0.3 is 0 Å². The lowest BCUT2D eigenvalue weighted by Crippen LogP contribution is -2.28. The molecule has 1 aromatic heterocycles. The molecule has 4 nitrogen and oxygen atoms in total. The van der Waals surface area contributed by atoms with E-state index >= 15 is 0 Å². The third kappa shape index (κ3) is 3.61. The zero-order chi connectivity index (χ0) is 13.7. The molecule has 2 aromatic rings. The molecule has 1 heterocycles. The fraction of sp³-hybridized carbons (Fsp3) is 0.231. The SMILES string of the molecule is O=C(Cc1c(F)cccc1F)NCCc1cnc[nH]1.